The molecule has 0 saturated carbocycles. The number of halogens is 3. The number of anilines is 1. The maximum atomic E-state index is 13.7. The van der Waals surface area contributed by atoms with E-state index in [1.807, 2.05) is 12.1 Å². The van der Waals surface area contributed by atoms with Crippen LogP contribution in [0.2, 0.25) is 0 Å². The summed E-state index contributed by atoms with van der Waals surface area (Å²) in [4.78, 5) is 48.9. The highest BCUT2D eigenvalue weighted by molar-refractivity contribution is 6.04. The van der Waals surface area contributed by atoms with Gasteiger partial charge in [-0.05, 0) is 69.2 Å². The maximum Gasteiger partial charge on any atom is 0.419 e. The summed E-state index contributed by atoms with van der Waals surface area (Å²) in [5.41, 5.74) is 6.18. The number of carbonyl (C=O) groups is 2. The number of nitrogens with two attached hydrogens (primary N) is 1. The number of alkyl halides is 3. The van der Waals surface area contributed by atoms with Crippen molar-refractivity contribution in [3.8, 4) is 16.8 Å². The molecule has 0 aliphatic carbocycles. The molecule has 5 aromatic rings. The van der Waals surface area contributed by atoms with Gasteiger partial charge in [0.1, 0.15) is 11.4 Å². The number of nitrogens with zero attached hydrogens (tertiary/aromatic N) is 5. The van der Waals surface area contributed by atoms with Gasteiger partial charge in [-0.15, -0.1) is 0 Å². The Bertz CT molecular complexity index is 2160. The number of rotatable bonds is 6. The van der Waals surface area contributed by atoms with Crippen molar-refractivity contribution < 1.29 is 32.2 Å². The van der Waals surface area contributed by atoms with Crippen LogP contribution in [0, 0.1) is 0 Å². The Kier molecular flexibility index (Phi) is 8.16. The lowest BCUT2D eigenvalue weighted by molar-refractivity contribution is -0.146. The van der Waals surface area contributed by atoms with Crippen molar-refractivity contribution in [3.63, 3.8) is 0 Å². The summed E-state index contributed by atoms with van der Waals surface area (Å²) >= 11 is 0. The lowest BCUT2D eigenvalue weighted by Crippen LogP contribution is -2.62. The molecule has 1 amide bonds. The summed E-state index contributed by atoms with van der Waals surface area (Å²) < 4.78 is 54.6. The molecule has 256 valence electrons. The molecule has 0 atom stereocenters. The number of hydrogen-bond acceptors (Lipinski definition) is 8. The Hall–Kier alpha value is -5.40. The Morgan fingerprint density at radius 2 is 1.67 bits per heavy atom. The van der Waals surface area contributed by atoms with Crippen molar-refractivity contribution in [2.45, 2.75) is 51.3 Å². The minimum absolute atomic E-state index is 0.0445. The van der Waals surface area contributed by atoms with E-state index in [0.717, 1.165) is 11.6 Å². The number of fused-ring (bicyclic) bond motifs is 3. The van der Waals surface area contributed by atoms with E-state index in [0.29, 0.717) is 33.2 Å². The third-order valence-electron chi connectivity index (χ3n) is 8.61. The number of amides is 1. The van der Waals surface area contributed by atoms with E-state index < -0.39 is 40.6 Å². The highest BCUT2D eigenvalue weighted by Crippen LogP contribution is 2.40. The number of hydrogen-bond donors (Lipinski definition) is 1. The normalized spacial score (nSPS) is 14.6. The number of imidazole rings is 1. The standard InChI is InChI=1S/C35H35F3N6O5/c1-6-48-28(45)15-34(18-43(19-34)32(47)49-33(2,3)4)22-8-10-23(11-9-22)44-29-24-13-20(21-14-25(35(36,37)38)30(39)41-16-21)7-12-26(24)40-17-27(29)42(5)31(44)46/h7-14,16-17H,6,15,18-19H2,1-5H3,(H2,39,41). The van der Waals surface area contributed by atoms with Crippen molar-refractivity contribution >= 4 is 39.8 Å². The Balaban J connectivity index is 1.42. The Morgan fingerprint density at radius 3 is 2.31 bits per heavy atom. The second-order valence-electron chi connectivity index (χ2n) is 13.2. The molecule has 6 rings (SSSR count). The van der Waals surface area contributed by atoms with Crippen LogP contribution in [0.25, 0.3) is 38.8 Å². The smallest absolute Gasteiger partial charge is 0.419 e. The van der Waals surface area contributed by atoms with E-state index in [1.54, 1.807) is 76.2 Å². The molecule has 11 nitrogen and oxygen atoms in total. The zero-order chi connectivity index (χ0) is 35.5. The predicted octanol–water partition coefficient (Wildman–Crippen LogP) is 5.98. The number of esters is 1. The van der Waals surface area contributed by atoms with Gasteiger partial charge in [-0.25, -0.2) is 14.6 Å². The maximum absolute atomic E-state index is 13.7. The zero-order valence-electron chi connectivity index (χ0n) is 27.6. The number of ether oxygens (including phenoxy) is 2. The van der Waals surface area contributed by atoms with Crippen LogP contribution >= 0.6 is 0 Å². The topological polar surface area (TPSA) is 135 Å². The lowest BCUT2D eigenvalue weighted by Gasteiger charge is -2.49. The van der Waals surface area contributed by atoms with E-state index in [2.05, 4.69) is 9.97 Å². The molecule has 1 aliphatic rings. The minimum Gasteiger partial charge on any atom is -0.466 e. The van der Waals surface area contributed by atoms with Crippen molar-refractivity contribution in [2.24, 2.45) is 7.05 Å². The highest BCUT2D eigenvalue weighted by Gasteiger charge is 2.49. The highest BCUT2D eigenvalue weighted by atomic mass is 19.4. The number of likely N-dealkylation sites (tertiary alicyclic amines) is 1. The molecule has 2 N–H and O–H groups in total. The average molecular weight is 677 g/mol. The van der Waals surface area contributed by atoms with Gasteiger partial charge in [0.15, 0.2) is 0 Å². The fraction of sp³-hybridized carbons (Fsp3) is 0.343. The zero-order valence-corrected chi connectivity index (χ0v) is 27.6. The fourth-order valence-electron chi connectivity index (χ4n) is 6.27. The molecule has 1 saturated heterocycles. The number of aryl methyl sites for hydroxylation is 1. The molecule has 14 heteroatoms. The van der Waals surface area contributed by atoms with E-state index in [9.17, 15) is 27.6 Å². The Labute approximate surface area is 279 Å². The van der Waals surface area contributed by atoms with Gasteiger partial charge in [0.25, 0.3) is 0 Å². The average Bonchev–Trinajstić information content (AvgIpc) is 3.27. The molecule has 49 heavy (non-hydrogen) atoms. The summed E-state index contributed by atoms with van der Waals surface area (Å²) in [6, 6.07) is 13.1. The second-order valence-corrected chi connectivity index (χ2v) is 13.2. The lowest BCUT2D eigenvalue weighted by atomic mass is 9.71. The van der Waals surface area contributed by atoms with Crippen LogP contribution in [0.4, 0.5) is 23.8 Å². The van der Waals surface area contributed by atoms with Gasteiger partial charge in [0.2, 0.25) is 0 Å². The quantitative estimate of drug-likeness (QED) is 0.217. The first kappa shape index (κ1) is 33.5. The molecule has 1 fully saturated rings. The van der Waals surface area contributed by atoms with E-state index in [4.69, 9.17) is 15.2 Å². The van der Waals surface area contributed by atoms with Crippen LogP contribution in [0.5, 0.6) is 0 Å². The van der Waals surface area contributed by atoms with Gasteiger partial charge < -0.3 is 20.1 Å². The van der Waals surface area contributed by atoms with Gasteiger partial charge in [-0.1, -0.05) is 18.2 Å². The van der Waals surface area contributed by atoms with Crippen LogP contribution in [0.3, 0.4) is 0 Å². The van der Waals surface area contributed by atoms with Crippen LogP contribution in [0.15, 0.2) is 65.7 Å². The first-order valence-corrected chi connectivity index (χ1v) is 15.6. The number of aromatic nitrogens is 4. The third kappa shape index (κ3) is 6.18. The summed E-state index contributed by atoms with van der Waals surface area (Å²) in [5.74, 6) is -1.01. The van der Waals surface area contributed by atoms with Gasteiger partial charge in [0.05, 0.1) is 47.0 Å². The molecule has 0 bridgehead atoms. The number of pyridine rings is 2. The van der Waals surface area contributed by atoms with Crippen molar-refractivity contribution in [3.05, 3.63) is 82.5 Å². The molecule has 2 aromatic carbocycles. The van der Waals surface area contributed by atoms with Gasteiger partial charge >= 0.3 is 23.9 Å². The van der Waals surface area contributed by atoms with E-state index in [-0.39, 0.29) is 37.4 Å². The molecule has 0 radical (unpaired) electrons. The first-order chi connectivity index (χ1) is 23.0. The molecule has 0 spiro atoms. The summed E-state index contributed by atoms with van der Waals surface area (Å²) in [7, 11) is 1.61. The third-order valence-corrected chi connectivity index (χ3v) is 8.61. The van der Waals surface area contributed by atoms with Crippen molar-refractivity contribution in [2.75, 3.05) is 25.4 Å². The van der Waals surface area contributed by atoms with Crippen molar-refractivity contribution in [1.82, 2.24) is 24.0 Å². The van der Waals surface area contributed by atoms with Crippen molar-refractivity contribution in [1.29, 1.82) is 0 Å². The van der Waals surface area contributed by atoms with E-state index >= 15 is 0 Å². The number of nitrogen functional groups attached to an aromatic ring is 1. The molecular weight excluding hydrogens is 641 g/mol. The Morgan fingerprint density at radius 1 is 0.980 bits per heavy atom. The summed E-state index contributed by atoms with van der Waals surface area (Å²) in [6.45, 7) is 7.77. The molecule has 3 aromatic heterocycles. The molecule has 4 heterocycles. The molecule has 0 unspecified atom stereocenters. The predicted molar refractivity (Wildman–Crippen MR) is 177 cm³/mol. The largest absolute Gasteiger partial charge is 0.466 e. The van der Waals surface area contributed by atoms with Crippen LogP contribution < -0.4 is 11.4 Å². The van der Waals surface area contributed by atoms with Crippen LogP contribution in [0.1, 0.15) is 45.2 Å². The summed E-state index contributed by atoms with van der Waals surface area (Å²) in [6.07, 6.45) is -2.28. The second kappa shape index (κ2) is 11.9. The van der Waals surface area contributed by atoms with Crippen LogP contribution in [-0.2, 0) is 32.9 Å². The first-order valence-electron chi connectivity index (χ1n) is 15.6. The minimum atomic E-state index is -4.69. The summed E-state index contributed by atoms with van der Waals surface area (Å²) in [5, 5.41) is 0.535. The monoisotopic (exact) mass is 676 g/mol. The van der Waals surface area contributed by atoms with Gasteiger partial charge in [-0.2, -0.15) is 13.2 Å². The van der Waals surface area contributed by atoms with Crippen LogP contribution in [-0.4, -0.2) is 61.4 Å². The van der Waals surface area contributed by atoms with Gasteiger partial charge in [0, 0.05) is 42.7 Å². The molecular formula is C35H35F3N6O5. The van der Waals surface area contributed by atoms with E-state index in [1.165, 1.54) is 15.3 Å². The van der Waals surface area contributed by atoms with Gasteiger partial charge in [-0.3, -0.25) is 18.9 Å². The SMILES string of the molecule is CCOC(=O)CC1(c2ccc(-n3c(=O)n(C)c4cnc5ccc(-c6cnc(N)c(C(F)(F)F)c6)cc5c43)cc2)CN(C(=O)OC(C)(C)C)C1. The number of benzene rings is 2. The number of carbonyl (C=O) groups excluding carboxylic acids is 2. The molecule has 1 aliphatic heterocycles. The fourth-order valence-corrected chi connectivity index (χ4v) is 6.27.